The molecule has 0 radical (unpaired) electrons. The largest absolute Gasteiger partial charge is 0.505 e. The van der Waals surface area contributed by atoms with Gasteiger partial charge in [-0.1, -0.05) is 90.1 Å². The predicted octanol–water partition coefficient (Wildman–Crippen LogP) is -2.08. The van der Waals surface area contributed by atoms with E-state index in [-0.39, 0.29) is 103 Å². The number of benzene rings is 3. The Hall–Kier alpha value is -14.3. The first-order chi connectivity index (χ1) is 67.4. The van der Waals surface area contributed by atoms with Crippen LogP contribution in [0.1, 0.15) is 126 Å². The monoisotopic (exact) mass is 2000 g/mol. The van der Waals surface area contributed by atoms with Gasteiger partial charge in [0, 0.05) is 109 Å². The normalized spacial score (nSPS) is 19.8. The van der Waals surface area contributed by atoms with Gasteiger partial charge in [-0.05, 0) is 105 Å². The molecular formula is C94H126N20O27S. The number of nitrogens with zero attached hydrogens (tertiary/aromatic N) is 9. The van der Waals surface area contributed by atoms with Crippen molar-refractivity contribution < 1.29 is 128 Å². The van der Waals surface area contributed by atoms with Crippen LogP contribution in [0.5, 0.6) is 11.5 Å². The second-order valence-electron chi connectivity index (χ2n) is 35.7. The second kappa shape index (κ2) is 52.8. The van der Waals surface area contributed by atoms with E-state index in [2.05, 4.69) is 68.5 Å². The molecule has 0 aliphatic carbocycles. The van der Waals surface area contributed by atoms with Crippen LogP contribution in [0.4, 0.5) is 5.69 Å². The number of carbonyl (C=O) groups excluding carboxylic acids is 19. The molecule has 6 heterocycles. The average molecular weight is 2000 g/mol. The molecule has 4 aliphatic heterocycles. The van der Waals surface area contributed by atoms with Crippen LogP contribution < -0.4 is 63.2 Å². The van der Waals surface area contributed by atoms with Gasteiger partial charge in [-0.25, -0.2) is 9.97 Å². The number of imide groups is 1. The van der Waals surface area contributed by atoms with Gasteiger partial charge in [-0.2, -0.15) is 8.42 Å². The van der Waals surface area contributed by atoms with E-state index in [9.17, 15) is 99.6 Å². The molecule has 142 heavy (non-hydrogen) atoms. The number of anilines is 1. The van der Waals surface area contributed by atoms with Crippen LogP contribution in [0.3, 0.4) is 0 Å². The lowest BCUT2D eigenvalue weighted by Gasteiger charge is -2.37. The third-order valence-corrected chi connectivity index (χ3v) is 24.7. The molecule has 0 unspecified atom stereocenters. The number of carbonyl (C=O) groups is 19. The number of aromatic hydroxyl groups is 1. The zero-order valence-electron chi connectivity index (χ0n) is 81.1. The van der Waals surface area contributed by atoms with Crippen LogP contribution in [0, 0.1) is 17.8 Å². The van der Waals surface area contributed by atoms with E-state index in [0.29, 0.717) is 58.7 Å². The zero-order chi connectivity index (χ0) is 104. The second-order valence-corrected chi connectivity index (χ2v) is 37.2. The van der Waals surface area contributed by atoms with E-state index in [0.717, 1.165) is 36.7 Å². The lowest BCUT2D eigenvalue weighted by molar-refractivity contribution is -0.146. The summed E-state index contributed by atoms with van der Waals surface area (Å²) in [5.74, 6) is -18.4. The van der Waals surface area contributed by atoms with Crippen molar-refractivity contribution in [2.24, 2.45) is 17.8 Å². The van der Waals surface area contributed by atoms with E-state index in [4.69, 9.17) is 18.9 Å². The first-order valence-corrected chi connectivity index (χ1v) is 48.2. The first-order valence-electron chi connectivity index (χ1n) is 46.6. The van der Waals surface area contributed by atoms with Gasteiger partial charge in [0.05, 0.1) is 76.9 Å². The fraction of sp³-hybridized carbons (Fsp3) is 0.521. The molecule has 770 valence electrons. The van der Waals surface area contributed by atoms with Crippen LogP contribution >= 0.6 is 0 Å². The topological polar surface area (TPSA) is 617 Å². The number of aromatic nitrogens is 2. The molecule has 0 spiro atoms. The highest BCUT2D eigenvalue weighted by Crippen LogP contribution is 2.29. The van der Waals surface area contributed by atoms with E-state index in [1.165, 1.54) is 51.0 Å². The molecule has 2 aromatic heterocycles. The number of ether oxygens (including phenoxy) is 4. The molecule has 3 fully saturated rings. The summed E-state index contributed by atoms with van der Waals surface area (Å²) in [5.41, 5.74) is 0.644. The van der Waals surface area contributed by atoms with Gasteiger partial charge in [0.25, 0.3) is 33.7 Å². The van der Waals surface area contributed by atoms with Crippen molar-refractivity contribution in [2.75, 3.05) is 144 Å². The minimum Gasteiger partial charge on any atom is -0.505 e. The fourth-order valence-electron chi connectivity index (χ4n) is 16.1. The van der Waals surface area contributed by atoms with Crippen LogP contribution in [0.15, 0.2) is 97.1 Å². The van der Waals surface area contributed by atoms with Crippen molar-refractivity contribution in [3.05, 3.63) is 114 Å². The molecule has 0 saturated carbocycles. The Morgan fingerprint density at radius 1 is 0.521 bits per heavy atom. The van der Waals surface area contributed by atoms with E-state index in [1.54, 1.807) is 120 Å². The van der Waals surface area contributed by atoms with Gasteiger partial charge in [-0.15, -0.1) is 0 Å². The van der Waals surface area contributed by atoms with Gasteiger partial charge in [0.2, 0.25) is 88.6 Å². The van der Waals surface area contributed by atoms with E-state index >= 15 is 9.59 Å². The molecule has 19 amide bonds. The number of para-hydroxylation sites is 2. The predicted molar refractivity (Wildman–Crippen MR) is 509 cm³/mol. The summed E-state index contributed by atoms with van der Waals surface area (Å²) >= 11 is 0. The first kappa shape index (κ1) is 111. The summed E-state index contributed by atoms with van der Waals surface area (Å²) in [7, 11) is 0.474. The molecule has 48 heteroatoms. The number of likely N-dealkylation sites (N-methyl/N-ethyl adjacent to an activating group) is 4. The Bertz CT molecular complexity index is 5610. The number of fused-ring (bicyclic) bond motifs is 4. The Balaban J connectivity index is 0.815. The number of rotatable bonds is 34. The molecule has 3 saturated heterocycles. The maximum Gasteiger partial charge on any atom is 0.274 e. The lowest BCUT2D eigenvalue weighted by Crippen LogP contribution is -2.61. The Kier molecular flexibility index (Phi) is 41.4. The molecule has 9 rings (SSSR count). The molecule has 4 aliphatic rings. The minimum atomic E-state index is -4.74. The molecule has 3 aromatic carbocycles. The summed E-state index contributed by atoms with van der Waals surface area (Å²) in [4.78, 5) is 280. The quantitative estimate of drug-likeness (QED) is 0.0119. The maximum absolute atomic E-state index is 15.5. The van der Waals surface area contributed by atoms with E-state index in [1.807, 2.05) is 0 Å². The van der Waals surface area contributed by atoms with Crippen molar-refractivity contribution in [1.82, 2.24) is 97.4 Å². The summed E-state index contributed by atoms with van der Waals surface area (Å²) in [5, 5.41) is 40.6. The minimum absolute atomic E-state index is 0.0290. The number of hydrogen-bond donors (Lipinski definition) is 13. The smallest absolute Gasteiger partial charge is 0.274 e. The number of nitrogens with one attached hydrogen (secondary N) is 11. The van der Waals surface area contributed by atoms with Crippen molar-refractivity contribution in [3.8, 4) is 11.5 Å². The number of piperidine rings is 2. The molecular weight excluding hydrogens is 1870 g/mol. The standard InChI is InChI=1S/C94H126N20O27S/c1-54(2)79(107-72(117)33-38-138-40-42-140-43-41-139-39-34-95-85(125)66(53-142(135,136)137)102-71(116)32-37-114-73(118)30-31-74(114)119)88(128)100-57(7)84(124)101-61-28-26-58(27-29-61)52-141-70-45-60-21-13-15-23-63(60)104-81(70)90(130)106-65-47-97-92(132)83(56(5)6)111(11)78(123)51-109(9)75(120)48-98-86(126)67-24-16-18-35-112(67)93(133)64(105-89(129)80-69(115)44-59-20-12-14-22-62(59)103-80)46-96-91(131)82(55(3)4)110(10)77(122)50-108(8)76(121)49-99-87(127)68-25-17-19-36-113(68)94(65)134/h12-15,20-23,26-31,44-45,54-57,64-68,79,82-83,115H,16-19,24-25,32-43,46-53H2,1-11H3,(H,95,125)(H,96,131)(H,97,132)(H,98,126)(H,99,127)(H,100,128)(H,101,124)(H,102,116)(H,105,129)(H,106,130)(H,107,117)(H,135,136,137)/t57-,64+,65+,66-,67-,68-,79-,82-,83-/m0/s1. The van der Waals surface area contributed by atoms with Gasteiger partial charge in [0.1, 0.15) is 72.5 Å². The summed E-state index contributed by atoms with van der Waals surface area (Å²) in [6.45, 7) is 6.83. The van der Waals surface area contributed by atoms with Crippen molar-refractivity contribution >= 4 is 150 Å². The maximum atomic E-state index is 15.5. The number of pyridine rings is 2. The van der Waals surface area contributed by atoms with Crippen molar-refractivity contribution in [3.63, 3.8) is 0 Å². The molecule has 9 atom stereocenters. The fourth-order valence-corrected chi connectivity index (χ4v) is 16.7. The Morgan fingerprint density at radius 3 is 1.49 bits per heavy atom. The SMILES string of the molecule is CC(C)[C@H](NC(=O)CCOCCOCCOCCNC(=O)[C@H](CS(=O)(=O)O)NC(=O)CCN1C(=O)C=CC1=O)C(=O)N[C@@H](C)C(=O)Nc1ccc(COc2cc3ccccc3nc2C(=O)N[C@@H]2CNC(=O)[C@H](C(C)C)N(C)C(=O)CN(C)C(=O)CNC(=O)[C@@H]3CCCCN3C(=O)[C@H](NC(=O)c3nc4ccccc4cc3O)CNC(=O)[C@H](C(C)C)N(C)C(=O)CN(C)C(=O)CNC(=O)[C@@H]3CCCCN3C2=O)cc1. The highest BCUT2D eigenvalue weighted by Gasteiger charge is 2.43. The van der Waals surface area contributed by atoms with Gasteiger partial charge >= 0.3 is 0 Å². The molecule has 0 bridgehead atoms. The van der Waals surface area contributed by atoms with Crippen molar-refractivity contribution in [2.45, 2.75) is 161 Å². The van der Waals surface area contributed by atoms with Crippen LogP contribution in [0.2, 0.25) is 0 Å². The Morgan fingerprint density at radius 2 is 0.993 bits per heavy atom. The summed E-state index contributed by atoms with van der Waals surface area (Å²) in [6.07, 6.45) is 3.19. The molecule has 13 N–H and O–H groups in total. The highest BCUT2D eigenvalue weighted by molar-refractivity contribution is 7.85. The molecule has 47 nitrogen and oxygen atoms in total. The van der Waals surface area contributed by atoms with Gasteiger partial charge in [0.15, 0.2) is 17.1 Å². The van der Waals surface area contributed by atoms with Gasteiger partial charge < -0.3 is 112 Å². The number of hydrogen-bond acceptors (Lipinski definition) is 28. The van der Waals surface area contributed by atoms with Crippen LogP contribution in [-0.4, -0.2) is 368 Å². The third-order valence-electron chi connectivity index (χ3n) is 23.9. The molecule has 5 aromatic rings. The van der Waals surface area contributed by atoms with E-state index < -0.39 is 257 Å². The van der Waals surface area contributed by atoms with Gasteiger partial charge in [-0.3, -0.25) is 101 Å². The third kappa shape index (κ3) is 32.1. The summed E-state index contributed by atoms with van der Waals surface area (Å²) < 4.78 is 55.3. The Labute approximate surface area is 819 Å². The summed E-state index contributed by atoms with van der Waals surface area (Å²) in [6, 6.07) is 10.1. The zero-order valence-corrected chi connectivity index (χ0v) is 81.9. The number of amides is 19. The van der Waals surface area contributed by atoms with Crippen LogP contribution in [0.25, 0.3) is 21.8 Å². The lowest BCUT2D eigenvalue weighted by atomic mass is 9.99. The van der Waals surface area contributed by atoms with Crippen LogP contribution in [-0.2, 0) is 112 Å². The van der Waals surface area contributed by atoms with Crippen molar-refractivity contribution in [1.29, 1.82) is 0 Å². The average Bonchev–Trinajstić information content (AvgIpc) is 0.958. The highest BCUT2D eigenvalue weighted by atomic mass is 32.2.